The molecule has 1 fully saturated rings. The lowest BCUT2D eigenvalue weighted by atomic mass is 10.0. The van der Waals surface area contributed by atoms with Crippen LogP contribution < -0.4 is 10.6 Å². The maximum absolute atomic E-state index is 13.7. The van der Waals surface area contributed by atoms with Crippen LogP contribution in [0.2, 0.25) is 0 Å². The predicted octanol–water partition coefficient (Wildman–Crippen LogP) is 3.32. The number of piperidine rings is 1. The molecule has 0 bridgehead atoms. The van der Waals surface area contributed by atoms with Gasteiger partial charge in [0.15, 0.2) is 0 Å². The van der Waals surface area contributed by atoms with Crippen molar-refractivity contribution in [3.8, 4) is 0 Å². The number of halogens is 1. The summed E-state index contributed by atoms with van der Waals surface area (Å²) in [6.45, 7) is 3.22. The fourth-order valence-electron chi connectivity index (χ4n) is 2.99. The number of aromatic nitrogens is 1. The molecule has 0 spiro atoms. The summed E-state index contributed by atoms with van der Waals surface area (Å²) in [4.78, 5) is 30.0. The number of anilines is 2. The summed E-state index contributed by atoms with van der Waals surface area (Å²) in [5.41, 5.74) is 0.743. The minimum atomic E-state index is -0.375. The molecule has 28 heavy (non-hydrogen) atoms. The Labute approximate surface area is 162 Å². The van der Waals surface area contributed by atoms with Crippen molar-refractivity contribution in [2.24, 2.45) is 0 Å². The third-order valence-electron chi connectivity index (χ3n) is 4.52. The third kappa shape index (κ3) is 4.97. The van der Waals surface area contributed by atoms with Crippen molar-refractivity contribution in [2.75, 3.05) is 25.0 Å². The lowest BCUT2D eigenvalue weighted by Crippen LogP contribution is -2.46. The molecule has 0 radical (unpaired) electrons. The number of ether oxygens (including phenoxy) is 1. The highest BCUT2D eigenvalue weighted by Gasteiger charge is 2.24. The van der Waals surface area contributed by atoms with Gasteiger partial charge >= 0.3 is 6.09 Å². The number of benzene rings is 1. The van der Waals surface area contributed by atoms with Gasteiger partial charge in [0.25, 0.3) is 5.91 Å². The molecule has 7 nitrogen and oxygen atoms in total. The van der Waals surface area contributed by atoms with Crippen molar-refractivity contribution in [1.82, 2.24) is 15.2 Å². The van der Waals surface area contributed by atoms with Crippen LogP contribution in [0, 0.1) is 5.82 Å². The normalized spacial score (nSPS) is 14.4. The first kappa shape index (κ1) is 19.6. The summed E-state index contributed by atoms with van der Waals surface area (Å²) in [7, 11) is 0. The molecule has 8 heteroatoms. The van der Waals surface area contributed by atoms with Crippen molar-refractivity contribution in [2.45, 2.75) is 25.8 Å². The average molecular weight is 386 g/mol. The van der Waals surface area contributed by atoms with E-state index in [-0.39, 0.29) is 23.9 Å². The number of rotatable bonds is 5. The Bertz CT molecular complexity index is 820. The van der Waals surface area contributed by atoms with E-state index in [2.05, 4.69) is 15.6 Å². The van der Waals surface area contributed by atoms with Gasteiger partial charge in [-0.15, -0.1) is 0 Å². The van der Waals surface area contributed by atoms with Crippen molar-refractivity contribution in [3.05, 3.63) is 54.0 Å². The molecule has 1 aliphatic heterocycles. The minimum absolute atomic E-state index is 0.00519. The second-order valence-corrected chi connectivity index (χ2v) is 6.47. The van der Waals surface area contributed by atoms with Gasteiger partial charge in [0, 0.05) is 25.3 Å². The van der Waals surface area contributed by atoms with Crippen molar-refractivity contribution in [1.29, 1.82) is 0 Å². The van der Waals surface area contributed by atoms with Gasteiger partial charge in [-0.2, -0.15) is 0 Å². The molecule has 0 saturated carbocycles. The summed E-state index contributed by atoms with van der Waals surface area (Å²) in [6.07, 6.45) is 2.48. The molecule has 2 heterocycles. The van der Waals surface area contributed by atoms with E-state index in [1.807, 2.05) is 0 Å². The van der Waals surface area contributed by atoms with Crippen molar-refractivity contribution >= 4 is 23.5 Å². The molecule has 1 aromatic heterocycles. The zero-order valence-electron chi connectivity index (χ0n) is 15.7. The van der Waals surface area contributed by atoms with E-state index >= 15 is 0 Å². The van der Waals surface area contributed by atoms with Crippen LogP contribution in [0.25, 0.3) is 0 Å². The smallest absolute Gasteiger partial charge is 0.409 e. The summed E-state index contributed by atoms with van der Waals surface area (Å²) < 4.78 is 18.7. The van der Waals surface area contributed by atoms with Crippen molar-refractivity contribution < 1.29 is 18.7 Å². The molecule has 2 aromatic rings. The summed E-state index contributed by atoms with van der Waals surface area (Å²) in [6, 6.07) is 9.56. The number of para-hydroxylation sites is 1. The van der Waals surface area contributed by atoms with Crippen LogP contribution in [-0.4, -0.2) is 47.6 Å². The molecule has 3 rings (SSSR count). The summed E-state index contributed by atoms with van der Waals surface area (Å²) in [5.74, 6) is -0.149. The number of pyridine rings is 1. The number of likely N-dealkylation sites (tertiary alicyclic amines) is 1. The van der Waals surface area contributed by atoms with Crippen LogP contribution >= 0.6 is 0 Å². The van der Waals surface area contributed by atoms with E-state index in [1.54, 1.807) is 42.2 Å². The van der Waals surface area contributed by atoms with E-state index in [0.717, 1.165) is 0 Å². The number of nitrogens with one attached hydrogen (secondary N) is 2. The van der Waals surface area contributed by atoms with Gasteiger partial charge < -0.3 is 20.3 Å². The first-order valence-electron chi connectivity index (χ1n) is 9.27. The fraction of sp³-hybridized carbons (Fsp3) is 0.350. The molecular formula is C20H23FN4O3. The quantitative estimate of drug-likeness (QED) is 0.824. The van der Waals surface area contributed by atoms with Crippen LogP contribution in [0.1, 0.15) is 30.1 Å². The van der Waals surface area contributed by atoms with Gasteiger partial charge in [-0.1, -0.05) is 12.1 Å². The molecule has 2 N–H and O–H groups in total. The molecule has 1 aliphatic rings. The monoisotopic (exact) mass is 386 g/mol. The Balaban J connectivity index is 1.51. The number of nitrogens with zero attached hydrogens (tertiary/aromatic N) is 2. The van der Waals surface area contributed by atoms with Crippen LogP contribution in [0.3, 0.4) is 0 Å². The van der Waals surface area contributed by atoms with Crippen LogP contribution in [0.5, 0.6) is 0 Å². The molecule has 1 saturated heterocycles. The number of carbonyl (C=O) groups is 2. The number of hydrogen-bond acceptors (Lipinski definition) is 5. The van der Waals surface area contributed by atoms with Gasteiger partial charge in [-0.05, 0) is 44.0 Å². The van der Waals surface area contributed by atoms with Gasteiger partial charge in [0.2, 0.25) is 0 Å². The number of carbonyl (C=O) groups excluding carboxylic acids is 2. The number of hydrogen-bond donors (Lipinski definition) is 2. The summed E-state index contributed by atoms with van der Waals surface area (Å²) in [5, 5.41) is 5.85. The molecular weight excluding hydrogens is 363 g/mol. The van der Waals surface area contributed by atoms with E-state index in [0.29, 0.717) is 49.6 Å². The first-order valence-corrected chi connectivity index (χ1v) is 9.27. The number of amides is 2. The van der Waals surface area contributed by atoms with Crippen molar-refractivity contribution in [3.63, 3.8) is 0 Å². The predicted molar refractivity (Wildman–Crippen MR) is 103 cm³/mol. The lowest BCUT2D eigenvalue weighted by molar-refractivity contribution is 0.0860. The molecule has 148 valence electrons. The van der Waals surface area contributed by atoms with Gasteiger partial charge in [-0.3, -0.25) is 4.79 Å². The van der Waals surface area contributed by atoms with Gasteiger partial charge in [0.05, 0.1) is 17.9 Å². The van der Waals surface area contributed by atoms with E-state index in [1.165, 1.54) is 12.3 Å². The summed E-state index contributed by atoms with van der Waals surface area (Å²) >= 11 is 0. The molecule has 1 aromatic carbocycles. The molecule has 0 atom stereocenters. The standard InChI is InChI=1S/C20H23FN4O3/c1-2-28-20(27)25-11-9-15(10-12-25)23-19(26)14-7-8-18(22-13-14)24-17-6-4-3-5-16(17)21/h3-8,13,15H,2,9-12H2,1H3,(H,22,24)(H,23,26). The second kappa shape index (κ2) is 9.16. The van der Waals surface area contributed by atoms with E-state index in [4.69, 9.17) is 4.74 Å². The van der Waals surface area contributed by atoms with E-state index < -0.39 is 0 Å². The second-order valence-electron chi connectivity index (χ2n) is 6.47. The van der Waals surface area contributed by atoms with Crippen LogP contribution in [0.15, 0.2) is 42.6 Å². The zero-order chi connectivity index (χ0) is 19.9. The SMILES string of the molecule is CCOC(=O)N1CCC(NC(=O)c2ccc(Nc3ccccc3F)nc2)CC1. The Morgan fingerprint density at radius 1 is 1.21 bits per heavy atom. The third-order valence-corrected chi connectivity index (χ3v) is 4.52. The highest BCUT2D eigenvalue weighted by molar-refractivity contribution is 5.94. The molecule has 0 unspecified atom stereocenters. The Hall–Kier alpha value is -3.16. The highest BCUT2D eigenvalue weighted by Crippen LogP contribution is 2.18. The maximum Gasteiger partial charge on any atom is 0.409 e. The topological polar surface area (TPSA) is 83.6 Å². The average Bonchev–Trinajstić information content (AvgIpc) is 2.71. The van der Waals surface area contributed by atoms with Crippen LogP contribution in [0.4, 0.5) is 20.7 Å². The fourth-order valence-corrected chi connectivity index (χ4v) is 2.99. The van der Waals surface area contributed by atoms with E-state index in [9.17, 15) is 14.0 Å². The zero-order valence-corrected chi connectivity index (χ0v) is 15.7. The Morgan fingerprint density at radius 3 is 2.61 bits per heavy atom. The van der Waals surface area contributed by atoms with Gasteiger partial charge in [-0.25, -0.2) is 14.2 Å². The minimum Gasteiger partial charge on any atom is -0.450 e. The Morgan fingerprint density at radius 2 is 1.96 bits per heavy atom. The first-order chi connectivity index (χ1) is 13.6. The lowest BCUT2D eigenvalue weighted by Gasteiger charge is -2.31. The highest BCUT2D eigenvalue weighted by atomic mass is 19.1. The molecule has 2 amide bonds. The van der Waals surface area contributed by atoms with Gasteiger partial charge in [0.1, 0.15) is 11.6 Å². The largest absolute Gasteiger partial charge is 0.450 e. The van der Waals surface area contributed by atoms with Crippen LogP contribution in [-0.2, 0) is 4.74 Å². The Kier molecular flexibility index (Phi) is 6.41. The molecule has 0 aliphatic carbocycles. The maximum atomic E-state index is 13.7.